The van der Waals surface area contributed by atoms with E-state index in [4.69, 9.17) is 4.74 Å². The number of aromatic nitrogens is 12. The summed E-state index contributed by atoms with van der Waals surface area (Å²) < 4.78 is 25.7. The van der Waals surface area contributed by atoms with E-state index in [1.165, 1.54) is 53.7 Å². The molecule has 8 heterocycles. The van der Waals surface area contributed by atoms with Crippen molar-refractivity contribution in [2.24, 2.45) is 0 Å². The Bertz CT molecular complexity index is 3010. The maximum absolute atomic E-state index is 13.9. The SMILES string of the molecule is Cc1nn2c(=O)[nH]c(=O)nc2s1.Cc1nn2c(=O)n(CCCBr)c(=O)nc2s1.Cc1nn2c(=O)n(CCCN3C4CCC3CC(OCc3ccccc3F)C4)c(=O)nc2s1. The van der Waals surface area contributed by atoms with Crippen LogP contribution in [0.1, 0.15) is 59.1 Å². The number of alkyl halides is 1. The van der Waals surface area contributed by atoms with E-state index in [1.807, 2.05) is 11.1 Å². The Morgan fingerprint density at radius 1 is 0.733 bits per heavy atom. The van der Waals surface area contributed by atoms with E-state index in [0.29, 0.717) is 80.1 Å². The fourth-order valence-electron chi connectivity index (χ4n) is 7.23. The van der Waals surface area contributed by atoms with Crippen molar-refractivity contribution in [3.05, 3.63) is 114 Å². The van der Waals surface area contributed by atoms with Crippen molar-refractivity contribution in [2.75, 3.05) is 11.9 Å². The highest BCUT2D eigenvalue weighted by Gasteiger charge is 2.40. The normalized spacial score (nSPS) is 17.5. The fourth-order valence-corrected chi connectivity index (χ4v) is 9.63. The molecular weight excluding hydrogens is 910 g/mol. The Hall–Kier alpha value is -4.95. The molecule has 2 unspecified atom stereocenters. The molecule has 0 saturated carbocycles. The lowest BCUT2D eigenvalue weighted by Crippen LogP contribution is -2.46. The molecule has 2 atom stereocenters. The van der Waals surface area contributed by atoms with Crippen LogP contribution in [0.5, 0.6) is 0 Å². The fraction of sp³-hybridized carbons (Fsp3) is 0.486. The zero-order chi connectivity index (χ0) is 42.7. The molecule has 0 aliphatic carbocycles. The van der Waals surface area contributed by atoms with Gasteiger partial charge in [0.25, 0.3) is 0 Å². The van der Waals surface area contributed by atoms with Crippen molar-refractivity contribution in [1.82, 2.24) is 62.8 Å². The molecule has 2 fully saturated rings. The summed E-state index contributed by atoms with van der Waals surface area (Å²) in [5, 5.41) is 14.8. The van der Waals surface area contributed by atoms with Gasteiger partial charge in [-0.05, 0) is 65.4 Å². The van der Waals surface area contributed by atoms with Gasteiger partial charge in [-0.3, -0.25) is 9.88 Å². The van der Waals surface area contributed by atoms with Crippen LogP contribution in [0.15, 0.2) is 53.0 Å². The predicted molar refractivity (Wildman–Crippen MR) is 226 cm³/mol. The van der Waals surface area contributed by atoms with Crippen molar-refractivity contribution >= 4 is 64.8 Å². The Balaban J connectivity index is 0.000000160. The van der Waals surface area contributed by atoms with Gasteiger partial charge in [0, 0.05) is 42.6 Å². The molecule has 1 aromatic carbocycles. The van der Waals surface area contributed by atoms with E-state index in [1.54, 1.807) is 32.9 Å². The van der Waals surface area contributed by atoms with Crippen LogP contribution in [0, 0.1) is 26.6 Å². The highest BCUT2D eigenvalue weighted by molar-refractivity contribution is 9.09. The van der Waals surface area contributed by atoms with Gasteiger partial charge in [-0.15, -0.1) is 0 Å². The van der Waals surface area contributed by atoms with Crippen molar-refractivity contribution in [1.29, 1.82) is 0 Å². The molecule has 2 bridgehead atoms. The van der Waals surface area contributed by atoms with Crippen LogP contribution in [-0.2, 0) is 24.4 Å². The van der Waals surface area contributed by atoms with Crippen LogP contribution in [0.3, 0.4) is 0 Å². The summed E-state index contributed by atoms with van der Waals surface area (Å²) in [5.41, 5.74) is -2.44. The third-order valence-electron chi connectivity index (χ3n) is 9.84. The van der Waals surface area contributed by atoms with Gasteiger partial charge in [0.05, 0.1) is 12.7 Å². The number of aryl methyl sites for hydroxylation is 3. The zero-order valence-electron chi connectivity index (χ0n) is 32.5. The summed E-state index contributed by atoms with van der Waals surface area (Å²) in [5.74, 6) is -0.223. The minimum absolute atomic E-state index is 0.134. The molecule has 20 nitrogen and oxygen atoms in total. The molecule has 25 heteroatoms. The van der Waals surface area contributed by atoms with Gasteiger partial charge < -0.3 is 4.74 Å². The first-order valence-electron chi connectivity index (χ1n) is 18.9. The summed E-state index contributed by atoms with van der Waals surface area (Å²) in [6.45, 7) is 7.10. The third-order valence-corrected chi connectivity index (χ3v) is 12.9. The van der Waals surface area contributed by atoms with Crippen LogP contribution in [0.4, 0.5) is 4.39 Å². The van der Waals surface area contributed by atoms with Gasteiger partial charge in [-0.1, -0.05) is 68.1 Å². The topological polar surface area (TPSA) is 231 Å². The van der Waals surface area contributed by atoms with Crippen molar-refractivity contribution in [3.8, 4) is 0 Å². The number of rotatable bonds is 10. The number of nitrogens with zero attached hydrogens (tertiary/aromatic N) is 12. The maximum Gasteiger partial charge on any atom is 0.355 e. The lowest BCUT2D eigenvalue weighted by molar-refractivity contribution is -0.0293. The maximum atomic E-state index is 13.9. The van der Waals surface area contributed by atoms with Gasteiger partial charge in [-0.25, -0.2) is 42.3 Å². The van der Waals surface area contributed by atoms with E-state index in [0.717, 1.165) is 46.6 Å². The quantitative estimate of drug-likeness (QED) is 0.193. The number of piperidine rings is 1. The van der Waals surface area contributed by atoms with Crippen LogP contribution in [0.25, 0.3) is 14.9 Å². The van der Waals surface area contributed by atoms with Crippen molar-refractivity contribution < 1.29 is 9.13 Å². The van der Waals surface area contributed by atoms with Gasteiger partial charge in [0.15, 0.2) is 0 Å². The molecule has 0 spiro atoms. The number of hydrogen-bond donors (Lipinski definition) is 1. The van der Waals surface area contributed by atoms with Crippen molar-refractivity contribution in [2.45, 2.75) is 97.2 Å². The minimum Gasteiger partial charge on any atom is -0.373 e. The number of nitrogens with one attached hydrogen (secondary N) is 1. The van der Waals surface area contributed by atoms with Crippen LogP contribution in [-0.4, -0.2) is 92.9 Å². The van der Waals surface area contributed by atoms with Crippen LogP contribution in [0.2, 0.25) is 0 Å². The average molecular weight is 949 g/mol. The van der Waals surface area contributed by atoms with Crippen LogP contribution >= 0.6 is 49.9 Å². The molecule has 318 valence electrons. The number of fused-ring (bicyclic) bond motifs is 5. The van der Waals surface area contributed by atoms with Gasteiger partial charge >= 0.3 is 34.1 Å². The summed E-state index contributed by atoms with van der Waals surface area (Å²) in [6, 6.07) is 7.60. The second-order valence-corrected chi connectivity index (χ2v) is 18.2. The third kappa shape index (κ3) is 9.65. The van der Waals surface area contributed by atoms with Gasteiger partial charge in [0.2, 0.25) is 14.9 Å². The monoisotopic (exact) mass is 947 g/mol. The number of H-pyrrole nitrogens is 1. The Morgan fingerprint density at radius 3 is 1.80 bits per heavy atom. The number of aromatic amines is 1. The molecular formula is C35H39BrFN13O7S3. The first-order valence-corrected chi connectivity index (χ1v) is 22.4. The number of halogens is 2. The summed E-state index contributed by atoms with van der Waals surface area (Å²) in [7, 11) is 0. The molecule has 2 aliphatic rings. The van der Waals surface area contributed by atoms with E-state index >= 15 is 0 Å². The molecule has 2 saturated heterocycles. The summed E-state index contributed by atoms with van der Waals surface area (Å²) in [6.07, 6.45) is 5.64. The van der Waals surface area contributed by atoms with E-state index in [2.05, 4.69) is 51.1 Å². The highest BCUT2D eigenvalue weighted by Crippen LogP contribution is 2.37. The zero-order valence-corrected chi connectivity index (χ0v) is 36.6. The molecule has 0 amide bonds. The summed E-state index contributed by atoms with van der Waals surface area (Å²) in [4.78, 5) is 87.0. The molecule has 2 aliphatic heterocycles. The first-order chi connectivity index (χ1) is 28.8. The molecule has 6 aromatic heterocycles. The minimum atomic E-state index is -0.636. The molecule has 60 heavy (non-hydrogen) atoms. The standard InChI is InChI=1S/C22H26FN5O3S.C8H9BrN4O2S.C5H4N4O2S/c1-14-25-28-21(32-14)24-20(29)27(22(28)30)10-4-9-26-16-7-8-17(26)12-18(11-16)31-13-15-5-2-3-6-19(15)23;1-5-11-13-7(16-5)10-6(14)12(8(13)15)4-2-3-9;1-2-8-9-4(11)6-3(10)7-5(9)12-2/h2-3,5-6,16-18H,4,7-13H2,1H3;2-4H2,1H3;1H3,(H,6,10,11). The molecule has 7 aromatic rings. The number of benzene rings is 1. The lowest BCUT2D eigenvalue weighted by atomic mass is 9.99. The Labute approximate surface area is 357 Å². The van der Waals surface area contributed by atoms with Crippen molar-refractivity contribution in [3.63, 3.8) is 0 Å². The first kappa shape index (κ1) is 43.1. The number of ether oxygens (including phenoxy) is 1. The lowest BCUT2D eigenvalue weighted by Gasteiger charge is -2.38. The second kappa shape index (κ2) is 18.8. The predicted octanol–water partition coefficient (Wildman–Crippen LogP) is 1.92. The Morgan fingerprint density at radius 2 is 1.25 bits per heavy atom. The second-order valence-electron chi connectivity index (χ2n) is 14.0. The summed E-state index contributed by atoms with van der Waals surface area (Å²) >= 11 is 6.92. The van der Waals surface area contributed by atoms with E-state index < -0.39 is 34.1 Å². The molecule has 0 radical (unpaired) electrons. The number of hydrogen-bond acceptors (Lipinski definition) is 17. The van der Waals surface area contributed by atoms with Crippen LogP contribution < -0.4 is 34.1 Å². The average Bonchev–Trinajstić information content (AvgIpc) is 3.94. The van der Waals surface area contributed by atoms with Gasteiger partial charge in [-0.2, -0.15) is 43.8 Å². The van der Waals surface area contributed by atoms with E-state index in [9.17, 15) is 33.2 Å². The molecule has 9 rings (SSSR count). The molecule has 1 N–H and O–H groups in total. The Kier molecular flexibility index (Phi) is 13.5. The smallest absolute Gasteiger partial charge is 0.355 e. The van der Waals surface area contributed by atoms with Gasteiger partial charge in [0.1, 0.15) is 20.8 Å². The van der Waals surface area contributed by atoms with E-state index in [-0.39, 0.29) is 11.9 Å². The highest BCUT2D eigenvalue weighted by atomic mass is 79.9. The largest absolute Gasteiger partial charge is 0.373 e.